The maximum absolute atomic E-state index is 12.3. The van der Waals surface area contributed by atoms with Crippen LogP contribution in [0.4, 0.5) is 0 Å². The van der Waals surface area contributed by atoms with Crippen LogP contribution in [0.1, 0.15) is 49.4 Å². The van der Waals surface area contributed by atoms with Crippen LogP contribution in [-0.2, 0) is 0 Å². The molecule has 0 N–H and O–H groups in total. The predicted molar refractivity (Wildman–Crippen MR) is 62.4 cm³/mol. The van der Waals surface area contributed by atoms with Crippen molar-refractivity contribution in [2.24, 2.45) is 0 Å². The number of amides is 1. The van der Waals surface area contributed by atoms with Crippen LogP contribution in [0.3, 0.4) is 0 Å². The van der Waals surface area contributed by atoms with E-state index in [1.165, 1.54) is 6.42 Å². The molecular weight excluding hydrogens is 202 g/mol. The van der Waals surface area contributed by atoms with Gasteiger partial charge in [-0.2, -0.15) is 0 Å². The van der Waals surface area contributed by atoms with Crippen LogP contribution < -0.4 is 0 Å². The monoisotopic (exact) mass is 221 g/mol. The first-order valence-electron chi connectivity index (χ1n) is 5.98. The van der Waals surface area contributed by atoms with Crippen molar-refractivity contribution in [2.45, 2.75) is 52.1 Å². The summed E-state index contributed by atoms with van der Waals surface area (Å²) in [6.07, 6.45) is 3.40. The van der Waals surface area contributed by atoms with E-state index in [0.29, 0.717) is 17.8 Å². The van der Waals surface area contributed by atoms with Crippen LogP contribution in [0.15, 0.2) is 16.5 Å². The van der Waals surface area contributed by atoms with Crippen LogP contribution >= 0.6 is 0 Å². The number of rotatable bonds is 1. The Morgan fingerprint density at radius 2 is 1.94 bits per heavy atom. The molecule has 1 aliphatic heterocycles. The standard InChI is InChI=1S/C13H19NO2/c1-9-5-4-6-10(2)14(9)13(15)12-8-7-11(3)16-12/h7-10H,4-6H2,1-3H3/t9-,10-/m0/s1. The first-order chi connectivity index (χ1) is 7.59. The summed E-state index contributed by atoms with van der Waals surface area (Å²) in [5.41, 5.74) is 0. The molecule has 88 valence electrons. The molecule has 3 heteroatoms. The molecule has 1 aromatic rings. The second kappa shape index (κ2) is 4.32. The predicted octanol–water partition coefficient (Wildman–Crippen LogP) is 2.99. The van der Waals surface area contributed by atoms with Crippen molar-refractivity contribution < 1.29 is 9.21 Å². The van der Waals surface area contributed by atoms with Crippen LogP contribution in [0.2, 0.25) is 0 Å². The van der Waals surface area contributed by atoms with Gasteiger partial charge in [0.05, 0.1) is 0 Å². The van der Waals surface area contributed by atoms with Crippen molar-refractivity contribution in [3.05, 3.63) is 23.7 Å². The number of hydrogen-bond acceptors (Lipinski definition) is 2. The van der Waals surface area contributed by atoms with Crippen LogP contribution in [0.25, 0.3) is 0 Å². The molecule has 0 bridgehead atoms. The summed E-state index contributed by atoms with van der Waals surface area (Å²) in [7, 11) is 0. The minimum atomic E-state index is 0.0350. The maximum Gasteiger partial charge on any atom is 0.290 e. The highest BCUT2D eigenvalue weighted by Crippen LogP contribution is 2.25. The first-order valence-corrected chi connectivity index (χ1v) is 5.98. The third-order valence-corrected chi connectivity index (χ3v) is 3.38. The SMILES string of the molecule is Cc1ccc(C(=O)N2[C@@H](C)CCC[C@@H]2C)o1. The molecule has 0 aliphatic carbocycles. The van der Waals surface area contributed by atoms with Gasteiger partial charge in [0, 0.05) is 12.1 Å². The Kier molecular flexibility index (Phi) is 3.03. The van der Waals surface area contributed by atoms with Crippen molar-refractivity contribution in [1.29, 1.82) is 0 Å². The Labute approximate surface area is 96.4 Å². The molecule has 1 amide bonds. The van der Waals surface area contributed by atoms with E-state index in [1.807, 2.05) is 17.9 Å². The van der Waals surface area contributed by atoms with Crippen LogP contribution in [-0.4, -0.2) is 22.9 Å². The molecule has 2 heterocycles. The molecule has 1 fully saturated rings. The minimum absolute atomic E-state index is 0.0350. The normalized spacial score (nSPS) is 25.8. The summed E-state index contributed by atoms with van der Waals surface area (Å²) < 4.78 is 5.40. The Morgan fingerprint density at radius 1 is 1.31 bits per heavy atom. The zero-order chi connectivity index (χ0) is 11.7. The van der Waals surface area contributed by atoms with Crippen LogP contribution in [0.5, 0.6) is 0 Å². The quantitative estimate of drug-likeness (QED) is 0.730. The molecule has 1 aromatic heterocycles. The second-order valence-corrected chi connectivity index (χ2v) is 4.75. The van der Waals surface area contributed by atoms with Gasteiger partial charge >= 0.3 is 0 Å². The summed E-state index contributed by atoms with van der Waals surface area (Å²) in [6, 6.07) is 4.25. The van der Waals surface area contributed by atoms with Gasteiger partial charge in [-0.3, -0.25) is 4.79 Å². The summed E-state index contributed by atoms with van der Waals surface area (Å²) in [5.74, 6) is 1.30. The van der Waals surface area contributed by atoms with E-state index in [2.05, 4.69) is 13.8 Å². The molecule has 0 unspecified atom stereocenters. The van der Waals surface area contributed by atoms with Gasteiger partial charge in [0.15, 0.2) is 5.76 Å². The fourth-order valence-corrected chi connectivity index (χ4v) is 2.50. The van der Waals surface area contributed by atoms with E-state index < -0.39 is 0 Å². The van der Waals surface area contributed by atoms with Gasteiger partial charge in [0.25, 0.3) is 5.91 Å². The molecule has 0 saturated carbocycles. The van der Waals surface area contributed by atoms with Crippen LogP contribution in [0, 0.1) is 6.92 Å². The van der Waals surface area contributed by atoms with Crippen molar-refractivity contribution in [3.63, 3.8) is 0 Å². The fourth-order valence-electron chi connectivity index (χ4n) is 2.50. The molecule has 0 radical (unpaired) electrons. The van der Waals surface area contributed by atoms with E-state index in [4.69, 9.17) is 4.42 Å². The van der Waals surface area contributed by atoms with Crippen molar-refractivity contribution in [3.8, 4) is 0 Å². The van der Waals surface area contributed by atoms with Gasteiger partial charge < -0.3 is 9.32 Å². The largest absolute Gasteiger partial charge is 0.456 e. The molecule has 1 saturated heterocycles. The molecule has 3 nitrogen and oxygen atoms in total. The number of hydrogen-bond donors (Lipinski definition) is 0. The second-order valence-electron chi connectivity index (χ2n) is 4.75. The highest BCUT2D eigenvalue weighted by molar-refractivity contribution is 5.92. The number of likely N-dealkylation sites (tertiary alicyclic amines) is 1. The first kappa shape index (κ1) is 11.2. The molecule has 0 aromatic carbocycles. The van der Waals surface area contributed by atoms with E-state index >= 15 is 0 Å². The highest BCUT2D eigenvalue weighted by Gasteiger charge is 2.30. The molecule has 0 spiro atoms. The van der Waals surface area contributed by atoms with Crippen molar-refractivity contribution >= 4 is 5.91 Å². The van der Waals surface area contributed by atoms with Gasteiger partial charge in [0.2, 0.25) is 0 Å². The van der Waals surface area contributed by atoms with Crippen molar-refractivity contribution in [1.82, 2.24) is 4.90 Å². The van der Waals surface area contributed by atoms with E-state index in [9.17, 15) is 4.79 Å². The lowest BCUT2D eigenvalue weighted by atomic mass is 9.97. The zero-order valence-electron chi connectivity index (χ0n) is 10.2. The molecule has 1 aliphatic rings. The highest BCUT2D eigenvalue weighted by atomic mass is 16.3. The number of nitrogens with zero attached hydrogens (tertiary/aromatic N) is 1. The topological polar surface area (TPSA) is 33.5 Å². The lowest BCUT2D eigenvalue weighted by Crippen LogP contribution is -2.47. The van der Waals surface area contributed by atoms with Gasteiger partial charge in [-0.05, 0) is 52.2 Å². The average molecular weight is 221 g/mol. The van der Waals surface area contributed by atoms with Gasteiger partial charge in [-0.25, -0.2) is 0 Å². The van der Waals surface area contributed by atoms with Gasteiger partial charge in [-0.1, -0.05) is 0 Å². The summed E-state index contributed by atoms with van der Waals surface area (Å²) in [4.78, 5) is 14.2. The summed E-state index contributed by atoms with van der Waals surface area (Å²) in [5, 5.41) is 0. The van der Waals surface area contributed by atoms with Gasteiger partial charge in [0.1, 0.15) is 5.76 Å². The van der Waals surface area contributed by atoms with Gasteiger partial charge in [-0.15, -0.1) is 0 Å². The van der Waals surface area contributed by atoms with E-state index in [1.54, 1.807) is 6.07 Å². The summed E-state index contributed by atoms with van der Waals surface area (Å²) >= 11 is 0. The molecule has 2 rings (SSSR count). The Morgan fingerprint density at radius 3 is 2.44 bits per heavy atom. The average Bonchev–Trinajstić information content (AvgIpc) is 2.64. The maximum atomic E-state index is 12.3. The lowest BCUT2D eigenvalue weighted by molar-refractivity contribution is 0.0477. The number of piperidine rings is 1. The van der Waals surface area contributed by atoms with Crippen molar-refractivity contribution in [2.75, 3.05) is 0 Å². The third-order valence-electron chi connectivity index (χ3n) is 3.38. The Balaban J connectivity index is 2.19. The van der Waals surface area contributed by atoms with E-state index in [0.717, 1.165) is 18.6 Å². The molecular formula is C13H19NO2. The number of carbonyl (C=O) groups is 1. The number of carbonyl (C=O) groups excluding carboxylic acids is 1. The zero-order valence-corrected chi connectivity index (χ0v) is 10.2. The smallest absolute Gasteiger partial charge is 0.290 e. The molecule has 16 heavy (non-hydrogen) atoms. The lowest BCUT2D eigenvalue weighted by Gasteiger charge is -2.38. The van der Waals surface area contributed by atoms with E-state index in [-0.39, 0.29) is 5.91 Å². The fraction of sp³-hybridized carbons (Fsp3) is 0.615. The Bertz CT molecular complexity index is 373. The molecule has 2 atom stereocenters. The minimum Gasteiger partial charge on any atom is -0.456 e. The Hall–Kier alpha value is -1.25. The third kappa shape index (κ3) is 1.99. The summed E-state index contributed by atoms with van der Waals surface area (Å²) in [6.45, 7) is 6.09. The number of aryl methyl sites for hydroxylation is 1. The number of furan rings is 1.